The molecule has 0 fully saturated rings. The molecule has 1 aliphatic rings. The summed E-state index contributed by atoms with van der Waals surface area (Å²) in [7, 11) is 0. The topological polar surface area (TPSA) is 17.8 Å². The largest absolute Gasteiger partial charge is 0.329 e. The molecule has 1 aliphatic heterocycles. The van der Waals surface area contributed by atoms with Crippen LogP contribution in [-0.2, 0) is 12.8 Å². The molecule has 0 aliphatic carbocycles. The van der Waals surface area contributed by atoms with Crippen LogP contribution < -0.4 is 0 Å². The minimum Gasteiger partial charge on any atom is -0.329 e. The van der Waals surface area contributed by atoms with Crippen LogP contribution in [-0.4, -0.2) is 9.55 Å². The number of imidazole rings is 1. The third-order valence-corrected chi connectivity index (χ3v) is 3.04. The maximum atomic E-state index is 4.55. The molecule has 1 aromatic rings. The summed E-state index contributed by atoms with van der Waals surface area (Å²) in [5, 5.41) is 0. The molecule has 1 atom stereocenters. The summed E-state index contributed by atoms with van der Waals surface area (Å²) in [5.74, 6) is 2.00. The molecule has 2 nitrogen and oxygen atoms in total. The van der Waals surface area contributed by atoms with Gasteiger partial charge in [0.2, 0.25) is 0 Å². The van der Waals surface area contributed by atoms with Crippen LogP contribution in [0.4, 0.5) is 0 Å². The molecule has 0 N–H and O–H groups in total. The number of nitrogens with zero attached hydrogens (tertiary/aromatic N) is 2. The summed E-state index contributed by atoms with van der Waals surface area (Å²) in [6, 6.07) is 0.662. The average Bonchev–Trinajstić information content (AvgIpc) is 2.49. The molecule has 78 valence electrons. The quantitative estimate of drug-likeness (QED) is 0.704. The van der Waals surface area contributed by atoms with Crippen LogP contribution >= 0.6 is 0 Å². The second kappa shape index (κ2) is 3.76. The number of aryl methyl sites for hydroxylation is 1. The van der Waals surface area contributed by atoms with Crippen molar-refractivity contribution in [3.05, 3.63) is 17.7 Å². The van der Waals surface area contributed by atoms with Crippen molar-refractivity contribution in [2.75, 3.05) is 0 Å². The summed E-state index contributed by atoms with van der Waals surface area (Å²) in [6.45, 7) is 6.83. The fourth-order valence-corrected chi connectivity index (χ4v) is 2.39. The van der Waals surface area contributed by atoms with E-state index in [1.165, 1.54) is 30.8 Å². The van der Waals surface area contributed by atoms with Gasteiger partial charge < -0.3 is 4.57 Å². The number of hydrogen-bond acceptors (Lipinski definition) is 1. The predicted octanol–water partition coefficient (Wildman–Crippen LogP) is 2.98. The molecule has 1 unspecified atom stereocenters. The molecule has 2 rings (SSSR count). The van der Waals surface area contributed by atoms with Gasteiger partial charge in [0, 0.05) is 24.4 Å². The molecule has 0 aromatic carbocycles. The first-order chi connectivity index (χ1) is 6.68. The van der Waals surface area contributed by atoms with E-state index in [0.29, 0.717) is 12.0 Å². The van der Waals surface area contributed by atoms with Crippen LogP contribution in [0.2, 0.25) is 0 Å². The fraction of sp³-hybridized carbons (Fsp3) is 0.750. The van der Waals surface area contributed by atoms with E-state index in [1.807, 2.05) is 0 Å². The van der Waals surface area contributed by atoms with Gasteiger partial charge in [-0.2, -0.15) is 0 Å². The molecular weight excluding hydrogens is 172 g/mol. The standard InChI is InChI=1S/C12H20N2/c1-9(2)7-12-13-8-11-6-4-5-10(3)14(11)12/h8-10H,4-7H2,1-3H3. The van der Waals surface area contributed by atoms with Crippen LogP contribution in [0.25, 0.3) is 0 Å². The van der Waals surface area contributed by atoms with Crippen molar-refractivity contribution < 1.29 is 0 Å². The zero-order valence-corrected chi connectivity index (χ0v) is 9.45. The Balaban J connectivity index is 2.29. The Morgan fingerprint density at radius 2 is 2.36 bits per heavy atom. The van der Waals surface area contributed by atoms with Gasteiger partial charge >= 0.3 is 0 Å². The highest BCUT2D eigenvalue weighted by molar-refractivity contribution is 5.10. The Labute approximate surface area is 86.3 Å². The first-order valence-corrected chi connectivity index (χ1v) is 5.73. The minimum atomic E-state index is 0.662. The van der Waals surface area contributed by atoms with Gasteiger partial charge in [0.05, 0.1) is 0 Å². The highest BCUT2D eigenvalue weighted by Crippen LogP contribution is 2.26. The Bertz CT molecular complexity index is 312. The summed E-state index contributed by atoms with van der Waals surface area (Å²) < 4.78 is 2.46. The Morgan fingerprint density at radius 3 is 3.07 bits per heavy atom. The molecule has 0 saturated carbocycles. The highest BCUT2D eigenvalue weighted by Gasteiger charge is 2.19. The van der Waals surface area contributed by atoms with Gasteiger partial charge in [-0.15, -0.1) is 0 Å². The van der Waals surface area contributed by atoms with E-state index < -0.39 is 0 Å². The maximum Gasteiger partial charge on any atom is 0.109 e. The number of rotatable bonds is 2. The second-order valence-corrected chi connectivity index (χ2v) is 4.87. The van der Waals surface area contributed by atoms with Crippen molar-refractivity contribution in [2.24, 2.45) is 5.92 Å². The lowest BCUT2D eigenvalue weighted by Gasteiger charge is -2.24. The van der Waals surface area contributed by atoms with Crippen LogP contribution in [0.3, 0.4) is 0 Å². The van der Waals surface area contributed by atoms with E-state index in [1.54, 1.807) is 0 Å². The van der Waals surface area contributed by atoms with Crippen molar-refractivity contribution in [3.63, 3.8) is 0 Å². The smallest absolute Gasteiger partial charge is 0.109 e. The molecule has 0 amide bonds. The second-order valence-electron chi connectivity index (χ2n) is 4.87. The molecule has 2 heterocycles. The van der Waals surface area contributed by atoms with Crippen molar-refractivity contribution in [3.8, 4) is 0 Å². The van der Waals surface area contributed by atoms with Crippen LogP contribution in [0, 0.1) is 5.92 Å². The fourth-order valence-electron chi connectivity index (χ4n) is 2.39. The van der Waals surface area contributed by atoms with Gasteiger partial charge in [0.25, 0.3) is 0 Å². The lowest BCUT2D eigenvalue weighted by molar-refractivity contribution is 0.410. The van der Waals surface area contributed by atoms with Gasteiger partial charge in [-0.05, 0) is 32.1 Å². The van der Waals surface area contributed by atoms with Crippen molar-refractivity contribution >= 4 is 0 Å². The lowest BCUT2D eigenvalue weighted by Crippen LogP contribution is -2.18. The summed E-state index contributed by atoms with van der Waals surface area (Å²) in [4.78, 5) is 4.55. The monoisotopic (exact) mass is 192 g/mol. The van der Waals surface area contributed by atoms with Crippen molar-refractivity contribution in [2.45, 2.75) is 52.5 Å². The number of hydrogen-bond donors (Lipinski definition) is 0. The van der Waals surface area contributed by atoms with Crippen LogP contribution in [0.15, 0.2) is 6.20 Å². The highest BCUT2D eigenvalue weighted by atomic mass is 15.1. The normalized spacial score (nSPS) is 21.3. The van der Waals surface area contributed by atoms with E-state index in [2.05, 4.69) is 36.5 Å². The molecular formula is C12H20N2. The molecule has 1 aromatic heterocycles. The third-order valence-electron chi connectivity index (χ3n) is 3.04. The van der Waals surface area contributed by atoms with E-state index >= 15 is 0 Å². The predicted molar refractivity (Wildman–Crippen MR) is 58.4 cm³/mol. The molecule has 0 saturated heterocycles. The van der Waals surface area contributed by atoms with Gasteiger partial charge in [-0.25, -0.2) is 4.98 Å². The van der Waals surface area contributed by atoms with Crippen LogP contribution in [0.5, 0.6) is 0 Å². The molecule has 0 radical (unpaired) electrons. The SMILES string of the molecule is CC(C)Cc1ncc2n1C(C)CCC2. The van der Waals surface area contributed by atoms with Gasteiger partial charge in [-0.1, -0.05) is 13.8 Å². The minimum absolute atomic E-state index is 0.662. The van der Waals surface area contributed by atoms with E-state index in [9.17, 15) is 0 Å². The third kappa shape index (κ3) is 1.70. The van der Waals surface area contributed by atoms with Gasteiger partial charge in [0.15, 0.2) is 0 Å². The van der Waals surface area contributed by atoms with Gasteiger partial charge in [-0.3, -0.25) is 0 Å². The van der Waals surface area contributed by atoms with Crippen molar-refractivity contribution in [1.82, 2.24) is 9.55 Å². The lowest BCUT2D eigenvalue weighted by atomic mass is 10.0. The maximum absolute atomic E-state index is 4.55. The van der Waals surface area contributed by atoms with E-state index in [4.69, 9.17) is 0 Å². The Morgan fingerprint density at radius 1 is 1.57 bits per heavy atom. The van der Waals surface area contributed by atoms with E-state index in [-0.39, 0.29) is 0 Å². The average molecular weight is 192 g/mol. The summed E-state index contributed by atoms with van der Waals surface area (Å²) in [5.41, 5.74) is 1.44. The Hall–Kier alpha value is -0.790. The first kappa shape index (κ1) is 9.75. The van der Waals surface area contributed by atoms with Crippen molar-refractivity contribution in [1.29, 1.82) is 0 Å². The molecule has 0 bridgehead atoms. The Kier molecular flexibility index (Phi) is 2.62. The molecule has 14 heavy (non-hydrogen) atoms. The first-order valence-electron chi connectivity index (χ1n) is 5.73. The zero-order chi connectivity index (χ0) is 10.1. The molecule has 2 heteroatoms. The van der Waals surface area contributed by atoms with Crippen LogP contribution in [0.1, 0.15) is 51.2 Å². The van der Waals surface area contributed by atoms with Gasteiger partial charge in [0.1, 0.15) is 5.82 Å². The number of fused-ring (bicyclic) bond motifs is 1. The number of aromatic nitrogens is 2. The summed E-state index contributed by atoms with van der Waals surface area (Å²) in [6.07, 6.45) is 7.05. The zero-order valence-electron chi connectivity index (χ0n) is 9.45. The van der Waals surface area contributed by atoms with E-state index in [0.717, 1.165) is 6.42 Å². The summed E-state index contributed by atoms with van der Waals surface area (Å²) >= 11 is 0. The molecule has 0 spiro atoms.